The van der Waals surface area contributed by atoms with E-state index in [1.54, 1.807) is 0 Å². The fraction of sp³-hybridized carbons (Fsp3) is 0.125. The number of halogens is 4. The molecule has 76 valence electrons. The van der Waals surface area contributed by atoms with Gasteiger partial charge in [-0.2, -0.15) is 13.2 Å². The number of carbonyl (C=O) groups excluding carboxylic acids is 1. The zero-order chi connectivity index (χ0) is 10.9. The first kappa shape index (κ1) is 11.0. The normalized spacial score (nSPS) is 11.4. The van der Waals surface area contributed by atoms with Crippen LogP contribution < -0.4 is 5.73 Å². The Labute approximate surface area is 86.0 Å². The number of nitrogens with two attached hydrogens (primary N) is 1. The fourth-order valence-electron chi connectivity index (χ4n) is 1.04. The first-order valence-electron chi connectivity index (χ1n) is 3.47. The molecule has 0 aliphatic rings. The molecule has 0 spiro atoms. The molecule has 0 saturated carbocycles. The van der Waals surface area contributed by atoms with Crippen molar-refractivity contribution in [1.82, 2.24) is 0 Å². The lowest BCUT2D eigenvalue weighted by atomic mass is 10.1. The third-order valence-electron chi connectivity index (χ3n) is 1.55. The molecule has 0 atom stereocenters. The van der Waals surface area contributed by atoms with Crippen LogP contribution in [0.25, 0.3) is 0 Å². The Bertz CT molecular complexity index is 376. The van der Waals surface area contributed by atoms with Gasteiger partial charge >= 0.3 is 6.18 Å². The Balaban J connectivity index is 3.48. The van der Waals surface area contributed by atoms with E-state index in [4.69, 9.17) is 5.73 Å². The second-order valence-electron chi connectivity index (χ2n) is 2.58. The highest BCUT2D eigenvalue weighted by atomic mass is 79.9. The minimum absolute atomic E-state index is 0.104. The maximum absolute atomic E-state index is 12.4. The van der Waals surface area contributed by atoms with Crippen molar-refractivity contribution in [3.05, 3.63) is 27.7 Å². The van der Waals surface area contributed by atoms with Crippen LogP contribution in [0.2, 0.25) is 0 Å². The zero-order valence-electron chi connectivity index (χ0n) is 6.73. The molecular formula is C8H5BrF3NO. The largest absolute Gasteiger partial charge is 0.418 e. The standard InChI is InChI=1S/C8H5BrF3NO/c9-6-2-5(13)1-4(3-14)7(6)8(10,11)12/h1-3H,13H2. The Kier molecular flexibility index (Phi) is 2.84. The van der Waals surface area contributed by atoms with Gasteiger partial charge in [0.05, 0.1) is 5.56 Å². The number of nitrogen functional groups attached to an aromatic ring is 1. The van der Waals surface area contributed by atoms with Crippen molar-refractivity contribution >= 4 is 27.9 Å². The first-order valence-corrected chi connectivity index (χ1v) is 4.27. The third-order valence-corrected chi connectivity index (χ3v) is 2.18. The van der Waals surface area contributed by atoms with Crippen LogP contribution in [0, 0.1) is 0 Å². The van der Waals surface area contributed by atoms with Gasteiger partial charge in [-0.3, -0.25) is 4.79 Å². The van der Waals surface area contributed by atoms with Crippen LogP contribution in [0.15, 0.2) is 16.6 Å². The molecule has 14 heavy (non-hydrogen) atoms. The van der Waals surface area contributed by atoms with Gasteiger partial charge in [0, 0.05) is 15.7 Å². The van der Waals surface area contributed by atoms with Crippen LogP contribution in [0.3, 0.4) is 0 Å². The molecule has 0 saturated heterocycles. The number of rotatable bonds is 1. The van der Waals surface area contributed by atoms with Crippen molar-refractivity contribution in [1.29, 1.82) is 0 Å². The van der Waals surface area contributed by atoms with Gasteiger partial charge < -0.3 is 5.73 Å². The molecule has 2 nitrogen and oxygen atoms in total. The summed E-state index contributed by atoms with van der Waals surface area (Å²) in [5, 5.41) is 0. The number of aldehydes is 1. The predicted molar refractivity (Wildman–Crippen MR) is 48.9 cm³/mol. The molecule has 1 aromatic rings. The summed E-state index contributed by atoms with van der Waals surface area (Å²) in [4.78, 5) is 10.4. The molecule has 1 rings (SSSR count). The predicted octanol–water partition coefficient (Wildman–Crippen LogP) is 2.86. The zero-order valence-corrected chi connectivity index (χ0v) is 8.32. The summed E-state index contributed by atoms with van der Waals surface area (Å²) in [5.41, 5.74) is 3.93. The minimum Gasteiger partial charge on any atom is -0.399 e. The van der Waals surface area contributed by atoms with Gasteiger partial charge in [-0.25, -0.2) is 0 Å². The first-order chi connectivity index (χ1) is 6.36. The summed E-state index contributed by atoms with van der Waals surface area (Å²) in [6.07, 6.45) is -4.44. The summed E-state index contributed by atoms with van der Waals surface area (Å²) >= 11 is 2.72. The summed E-state index contributed by atoms with van der Waals surface area (Å²) in [6, 6.07) is 2.09. The average molecular weight is 268 g/mol. The quantitative estimate of drug-likeness (QED) is 0.628. The Morgan fingerprint density at radius 2 is 1.93 bits per heavy atom. The van der Waals surface area contributed by atoms with Crippen molar-refractivity contribution in [2.45, 2.75) is 6.18 Å². The molecule has 2 N–H and O–H groups in total. The van der Waals surface area contributed by atoms with E-state index in [1.807, 2.05) is 0 Å². The molecule has 1 aromatic carbocycles. The van der Waals surface area contributed by atoms with Crippen LogP contribution in [0.1, 0.15) is 15.9 Å². The lowest BCUT2D eigenvalue weighted by Gasteiger charge is -2.11. The Hall–Kier alpha value is -1.04. The average Bonchev–Trinajstić information content (AvgIpc) is 1.99. The number of hydrogen-bond donors (Lipinski definition) is 1. The van der Waals surface area contributed by atoms with Gasteiger partial charge in [-0.1, -0.05) is 15.9 Å². The highest BCUT2D eigenvalue weighted by Crippen LogP contribution is 2.37. The van der Waals surface area contributed by atoms with Crippen molar-refractivity contribution in [3.8, 4) is 0 Å². The number of anilines is 1. The number of alkyl halides is 3. The van der Waals surface area contributed by atoms with Crippen LogP contribution in [0.4, 0.5) is 18.9 Å². The summed E-state index contributed by atoms with van der Waals surface area (Å²) in [5.74, 6) is 0. The maximum atomic E-state index is 12.4. The van der Waals surface area contributed by atoms with Crippen LogP contribution in [-0.4, -0.2) is 6.29 Å². The fourth-order valence-corrected chi connectivity index (χ4v) is 1.76. The highest BCUT2D eigenvalue weighted by molar-refractivity contribution is 9.10. The van der Waals surface area contributed by atoms with E-state index >= 15 is 0 Å². The highest BCUT2D eigenvalue weighted by Gasteiger charge is 2.35. The van der Waals surface area contributed by atoms with Crippen molar-refractivity contribution in [2.75, 3.05) is 5.73 Å². The Morgan fingerprint density at radius 3 is 2.36 bits per heavy atom. The number of carbonyl (C=O) groups is 1. The van der Waals surface area contributed by atoms with Gasteiger partial charge in [0.2, 0.25) is 0 Å². The summed E-state index contributed by atoms with van der Waals surface area (Å²) in [6.45, 7) is 0. The summed E-state index contributed by atoms with van der Waals surface area (Å²) in [7, 11) is 0. The topological polar surface area (TPSA) is 43.1 Å². The molecule has 0 amide bonds. The second kappa shape index (κ2) is 3.61. The van der Waals surface area contributed by atoms with Gasteiger partial charge in [0.25, 0.3) is 0 Å². The van der Waals surface area contributed by atoms with E-state index in [0.29, 0.717) is 0 Å². The molecule has 0 aliphatic heterocycles. The summed E-state index contributed by atoms with van der Waals surface area (Å²) < 4.78 is 37.0. The molecule has 0 fully saturated rings. The van der Waals surface area contributed by atoms with E-state index in [9.17, 15) is 18.0 Å². The molecule has 0 unspecified atom stereocenters. The number of benzene rings is 1. The third kappa shape index (κ3) is 2.06. The maximum Gasteiger partial charge on any atom is 0.418 e. The van der Waals surface area contributed by atoms with Gasteiger partial charge in [-0.15, -0.1) is 0 Å². The molecule has 0 radical (unpaired) electrons. The van der Waals surface area contributed by atoms with E-state index in [-0.39, 0.29) is 16.4 Å². The molecule has 0 aromatic heterocycles. The molecule has 0 heterocycles. The van der Waals surface area contributed by atoms with Gasteiger partial charge in [0.1, 0.15) is 0 Å². The van der Waals surface area contributed by atoms with Crippen molar-refractivity contribution in [2.24, 2.45) is 0 Å². The lowest BCUT2D eigenvalue weighted by molar-refractivity contribution is -0.138. The van der Waals surface area contributed by atoms with Gasteiger partial charge in [0.15, 0.2) is 6.29 Å². The van der Waals surface area contributed by atoms with E-state index in [1.165, 1.54) is 0 Å². The SMILES string of the molecule is Nc1cc(Br)c(C(F)(F)F)c(C=O)c1. The lowest BCUT2D eigenvalue weighted by Crippen LogP contribution is -2.10. The Morgan fingerprint density at radius 1 is 1.36 bits per heavy atom. The van der Waals surface area contributed by atoms with Crippen LogP contribution in [-0.2, 0) is 6.18 Å². The van der Waals surface area contributed by atoms with Crippen LogP contribution in [0.5, 0.6) is 0 Å². The van der Waals surface area contributed by atoms with E-state index in [2.05, 4.69) is 15.9 Å². The number of hydrogen-bond acceptors (Lipinski definition) is 2. The van der Waals surface area contributed by atoms with E-state index in [0.717, 1.165) is 12.1 Å². The monoisotopic (exact) mass is 267 g/mol. The minimum atomic E-state index is -4.57. The van der Waals surface area contributed by atoms with Crippen LogP contribution >= 0.6 is 15.9 Å². The molecular weight excluding hydrogens is 263 g/mol. The molecule has 0 aliphatic carbocycles. The molecule has 6 heteroatoms. The van der Waals surface area contributed by atoms with Gasteiger partial charge in [-0.05, 0) is 12.1 Å². The smallest absolute Gasteiger partial charge is 0.399 e. The van der Waals surface area contributed by atoms with Crippen molar-refractivity contribution < 1.29 is 18.0 Å². The molecule has 0 bridgehead atoms. The van der Waals surface area contributed by atoms with Crippen molar-refractivity contribution in [3.63, 3.8) is 0 Å². The van der Waals surface area contributed by atoms with E-state index < -0.39 is 17.3 Å². The second-order valence-corrected chi connectivity index (χ2v) is 3.44.